The van der Waals surface area contributed by atoms with Gasteiger partial charge in [0.15, 0.2) is 5.13 Å². The highest BCUT2D eigenvalue weighted by molar-refractivity contribution is 7.14. The number of rotatable bonds is 4. The van der Waals surface area contributed by atoms with Crippen LogP contribution in [0.1, 0.15) is 23.0 Å². The van der Waals surface area contributed by atoms with E-state index in [4.69, 9.17) is 0 Å². The summed E-state index contributed by atoms with van der Waals surface area (Å²) in [5.41, 5.74) is 1.27. The number of amides is 2. The van der Waals surface area contributed by atoms with Gasteiger partial charge in [-0.05, 0) is 11.6 Å². The Labute approximate surface area is 120 Å². The van der Waals surface area contributed by atoms with E-state index < -0.39 is 0 Å². The number of thiazole rings is 1. The zero-order valence-corrected chi connectivity index (χ0v) is 12.0. The second-order valence-corrected chi connectivity index (χ2v) is 5.10. The number of hydrogen-bond donors (Lipinski definition) is 1. The van der Waals surface area contributed by atoms with Crippen LogP contribution >= 0.6 is 11.3 Å². The predicted molar refractivity (Wildman–Crippen MR) is 76.5 cm³/mol. The number of nitrogens with zero attached hydrogens (tertiary/aromatic N) is 3. The van der Waals surface area contributed by atoms with Crippen molar-refractivity contribution in [3.8, 4) is 0 Å². The minimum Gasteiger partial charge on any atom is -0.336 e. The van der Waals surface area contributed by atoms with Crippen LogP contribution in [-0.4, -0.2) is 33.7 Å². The van der Waals surface area contributed by atoms with E-state index in [1.165, 1.54) is 18.3 Å². The van der Waals surface area contributed by atoms with E-state index in [1.807, 2.05) is 12.1 Å². The summed E-state index contributed by atoms with van der Waals surface area (Å²) in [6, 6.07) is 3.73. The van der Waals surface area contributed by atoms with Gasteiger partial charge in [-0.2, -0.15) is 0 Å². The summed E-state index contributed by atoms with van der Waals surface area (Å²) in [6.45, 7) is 1.86. The maximum Gasteiger partial charge on any atom is 0.273 e. The van der Waals surface area contributed by atoms with Gasteiger partial charge in [-0.15, -0.1) is 11.3 Å². The van der Waals surface area contributed by atoms with Crippen LogP contribution in [0.4, 0.5) is 5.13 Å². The number of nitrogens with one attached hydrogen (secondary N) is 1. The Bertz CT molecular complexity index is 612. The third-order valence-corrected chi connectivity index (χ3v) is 3.25. The van der Waals surface area contributed by atoms with Crippen LogP contribution in [0.3, 0.4) is 0 Å². The lowest BCUT2D eigenvalue weighted by atomic mass is 10.2. The van der Waals surface area contributed by atoms with Gasteiger partial charge in [-0.3, -0.25) is 14.6 Å². The van der Waals surface area contributed by atoms with Crippen molar-refractivity contribution >= 4 is 28.3 Å². The molecule has 6 nitrogen and oxygen atoms in total. The highest BCUT2D eigenvalue weighted by Gasteiger charge is 2.16. The summed E-state index contributed by atoms with van der Waals surface area (Å²) in [4.78, 5) is 32.8. The van der Waals surface area contributed by atoms with Crippen LogP contribution in [0.2, 0.25) is 0 Å². The molecule has 0 aliphatic heterocycles. The lowest BCUT2D eigenvalue weighted by molar-refractivity contribution is -0.114. The summed E-state index contributed by atoms with van der Waals surface area (Å²) in [7, 11) is 1.70. The zero-order valence-electron chi connectivity index (χ0n) is 11.2. The minimum atomic E-state index is -0.206. The predicted octanol–water partition coefficient (Wildman–Crippen LogP) is 1.77. The fourth-order valence-corrected chi connectivity index (χ4v) is 2.34. The van der Waals surface area contributed by atoms with E-state index in [0.717, 1.165) is 5.56 Å². The lowest BCUT2D eigenvalue weighted by Crippen LogP contribution is -2.26. The van der Waals surface area contributed by atoms with Crippen LogP contribution in [-0.2, 0) is 11.3 Å². The topological polar surface area (TPSA) is 75.2 Å². The summed E-state index contributed by atoms with van der Waals surface area (Å²) in [5, 5.41) is 4.62. The van der Waals surface area contributed by atoms with Crippen molar-refractivity contribution in [3.63, 3.8) is 0 Å². The molecule has 0 saturated carbocycles. The van der Waals surface area contributed by atoms with Crippen molar-refractivity contribution in [2.75, 3.05) is 12.4 Å². The van der Waals surface area contributed by atoms with Crippen molar-refractivity contribution in [1.29, 1.82) is 0 Å². The van der Waals surface area contributed by atoms with Gasteiger partial charge < -0.3 is 10.2 Å². The fourth-order valence-electron chi connectivity index (χ4n) is 1.61. The third-order valence-electron chi connectivity index (χ3n) is 2.50. The maximum absolute atomic E-state index is 12.2. The van der Waals surface area contributed by atoms with Crippen LogP contribution in [0, 0.1) is 0 Å². The standard InChI is InChI=1S/C13H14N4O2S/c1-9(18)15-13-16-11(8-20-13)12(19)17(2)7-10-4-3-5-14-6-10/h3-6,8H,7H2,1-2H3,(H,15,16,18). The Morgan fingerprint density at radius 1 is 1.45 bits per heavy atom. The lowest BCUT2D eigenvalue weighted by Gasteiger charge is -2.15. The average molecular weight is 290 g/mol. The molecule has 0 fully saturated rings. The molecule has 0 bridgehead atoms. The van der Waals surface area contributed by atoms with E-state index in [1.54, 1.807) is 29.7 Å². The highest BCUT2D eigenvalue weighted by atomic mass is 32.1. The third kappa shape index (κ3) is 3.61. The minimum absolute atomic E-state index is 0.193. The quantitative estimate of drug-likeness (QED) is 0.931. The van der Waals surface area contributed by atoms with Crippen LogP contribution in [0.5, 0.6) is 0 Å². The largest absolute Gasteiger partial charge is 0.336 e. The van der Waals surface area contributed by atoms with Crippen LogP contribution < -0.4 is 5.32 Å². The molecule has 7 heteroatoms. The Morgan fingerprint density at radius 2 is 2.25 bits per heavy atom. The molecule has 2 aromatic heterocycles. The van der Waals surface area contributed by atoms with Gasteiger partial charge in [-0.25, -0.2) is 4.98 Å². The molecule has 0 radical (unpaired) electrons. The summed E-state index contributed by atoms with van der Waals surface area (Å²) >= 11 is 1.23. The number of pyridine rings is 1. The van der Waals surface area contributed by atoms with E-state index in [2.05, 4.69) is 15.3 Å². The van der Waals surface area contributed by atoms with Crippen LogP contribution in [0.15, 0.2) is 29.9 Å². The van der Waals surface area contributed by atoms with E-state index in [9.17, 15) is 9.59 Å². The molecule has 0 spiro atoms. The Balaban J connectivity index is 2.03. The molecule has 2 aromatic rings. The molecule has 2 amide bonds. The normalized spacial score (nSPS) is 10.1. The van der Waals surface area contributed by atoms with Gasteiger partial charge in [0.1, 0.15) is 5.69 Å². The fraction of sp³-hybridized carbons (Fsp3) is 0.231. The molecule has 2 rings (SSSR count). The van der Waals surface area contributed by atoms with Crippen molar-refractivity contribution in [3.05, 3.63) is 41.2 Å². The Morgan fingerprint density at radius 3 is 2.90 bits per heavy atom. The molecule has 2 heterocycles. The summed E-state index contributed by atoms with van der Waals surface area (Å²) < 4.78 is 0. The van der Waals surface area contributed by atoms with Gasteiger partial charge in [0.05, 0.1) is 0 Å². The van der Waals surface area contributed by atoms with Crippen molar-refractivity contribution < 1.29 is 9.59 Å². The molecule has 0 atom stereocenters. The SMILES string of the molecule is CC(=O)Nc1nc(C(=O)N(C)Cc2cccnc2)cs1. The Hall–Kier alpha value is -2.28. The van der Waals surface area contributed by atoms with E-state index >= 15 is 0 Å². The molecule has 20 heavy (non-hydrogen) atoms. The first-order valence-corrected chi connectivity index (χ1v) is 6.81. The molecule has 104 valence electrons. The monoisotopic (exact) mass is 290 g/mol. The molecular weight excluding hydrogens is 276 g/mol. The van der Waals surface area contributed by atoms with Gasteiger partial charge >= 0.3 is 0 Å². The van der Waals surface area contributed by atoms with E-state index in [-0.39, 0.29) is 11.8 Å². The highest BCUT2D eigenvalue weighted by Crippen LogP contribution is 2.17. The van der Waals surface area contributed by atoms with Gasteiger partial charge in [0, 0.05) is 38.3 Å². The maximum atomic E-state index is 12.2. The molecule has 0 saturated heterocycles. The van der Waals surface area contributed by atoms with Gasteiger partial charge in [-0.1, -0.05) is 6.07 Å². The first-order valence-electron chi connectivity index (χ1n) is 5.93. The van der Waals surface area contributed by atoms with Crippen molar-refractivity contribution in [2.45, 2.75) is 13.5 Å². The average Bonchev–Trinajstić information content (AvgIpc) is 2.86. The second-order valence-electron chi connectivity index (χ2n) is 4.24. The van der Waals surface area contributed by atoms with Crippen molar-refractivity contribution in [1.82, 2.24) is 14.9 Å². The molecule has 0 aliphatic carbocycles. The number of carbonyl (C=O) groups is 2. The Kier molecular flexibility index (Phi) is 4.41. The zero-order chi connectivity index (χ0) is 14.5. The number of carbonyl (C=O) groups excluding carboxylic acids is 2. The molecule has 0 aromatic carbocycles. The van der Waals surface area contributed by atoms with Gasteiger partial charge in [0.25, 0.3) is 5.91 Å². The number of anilines is 1. The first kappa shape index (κ1) is 14.1. The summed E-state index contributed by atoms with van der Waals surface area (Å²) in [6.07, 6.45) is 3.40. The van der Waals surface area contributed by atoms with E-state index in [0.29, 0.717) is 17.4 Å². The number of hydrogen-bond acceptors (Lipinski definition) is 5. The molecule has 0 unspecified atom stereocenters. The molecular formula is C13H14N4O2S. The molecule has 1 N–H and O–H groups in total. The van der Waals surface area contributed by atoms with Crippen LogP contribution in [0.25, 0.3) is 0 Å². The van der Waals surface area contributed by atoms with Gasteiger partial charge in [0.2, 0.25) is 5.91 Å². The van der Waals surface area contributed by atoms with Crippen molar-refractivity contribution in [2.24, 2.45) is 0 Å². The second kappa shape index (κ2) is 6.25. The summed E-state index contributed by atoms with van der Waals surface area (Å²) in [5.74, 6) is -0.399. The first-order chi connectivity index (χ1) is 9.56. The molecule has 0 aliphatic rings. The number of aromatic nitrogens is 2. The smallest absolute Gasteiger partial charge is 0.273 e.